The van der Waals surface area contributed by atoms with Crippen molar-refractivity contribution in [3.05, 3.63) is 47.1 Å². The third kappa shape index (κ3) is 4.86. The van der Waals surface area contributed by atoms with Crippen molar-refractivity contribution < 1.29 is 18.3 Å². The number of carbonyl (C=O) groups excluding carboxylic acids is 1. The second-order valence-electron chi connectivity index (χ2n) is 6.41. The average molecular weight is 396 g/mol. The molecule has 2 heterocycles. The molecule has 5 nitrogen and oxygen atoms in total. The number of nitrogens with one attached hydrogen (secondary N) is 1. The van der Waals surface area contributed by atoms with Crippen LogP contribution in [-0.4, -0.2) is 30.6 Å². The zero-order valence-corrected chi connectivity index (χ0v) is 15.5. The molecule has 8 heteroatoms. The van der Waals surface area contributed by atoms with Crippen LogP contribution in [0.25, 0.3) is 0 Å². The molecule has 0 unspecified atom stereocenters. The van der Waals surface area contributed by atoms with Gasteiger partial charge in [0.15, 0.2) is 0 Å². The summed E-state index contributed by atoms with van der Waals surface area (Å²) in [6, 6.07) is 8.40. The van der Waals surface area contributed by atoms with Crippen molar-refractivity contribution in [2.75, 3.05) is 23.3 Å². The standard InChI is InChI=1S/C19H20ClF2N3O2/c1-12-3-2-4-15(27-19(21)22)17(12)24-18(26)13-7-9-25(10-8-13)16-6-5-14(20)11-23-16/h2-6,11,13,19H,7-10H2,1H3,(H,24,26). The minimum Gasteiger partial charge on any atom is -0.433 e. The lowest BCUT2D eigenvalue weighted by molar-refractivity contribution is -0.120. The second-order valence-corrected chi connectivity index (χ2v) is 6.85. The van der Waals surface area contributed by atoms with E-state index in [1.54, 1.807) is 31.3 Å². The molecule has 1 aliphatic rings. The first kappa shape index (κ1) is 19.4. The van der Waals surface area contributed by atoms with Crippen molar-refractivity contribution in [2.45, 2.75) is 26.4 Å². The van der Waals surface area contributed by atoms with Crippen molar-refractivity contribution in [1.82, 2.24) is 4.98 Å². The highest BCUT2D eigenvalue weighted by atomic mass is 35.5. The van der Waals surface area contributed by atoms with Gasteiger partial charge in [-0.2, -0.15) is 8.78 Å². The van der Waals surface area contributed by atoms with Gasteiger partial charge in [0.2, 0.25) is 5.91 Å². The van der Waals surface area contributed by atoms with Crippen LogP contribution in [0.1, 0.15) is 18.4 Å². The fraction of sp³-hybridized carbons (Fsp3) is 0.368. The molecule has 27 heavy (non-hydrogen) atoms. The van der Waals surface area contributed by atoms with Crippen LogP contribution in [0.3, 0.4) is 0 Å². The normalized spacial score (nSPS) is 15.1. The van der Waals surface area contributed by atoms with E-state index in [-0.39, 0.29) is 17.6 Å². The molecule has 144 valence electrons. The van der Waals surface area contributed by atoms with Crippen LogP contribution in [0.15, 0.2) is 36.5 Å². The van der Waals surface area contributed by atoms with Gasteiger partial charge in [-0.05, 0) is 43.5 Å². The maximum absolute atomic E-state index is 12.6. The average Bonchev–Trinajstić information content (AvgIpc) is 2.65. The number of hydrogen-bond donors (Lipinski definition) is 1. The van der Waals surface area contributed by atoms with Gasteiger partial charge >= 0.3 is 6.61 Å². The van der Waals surface area contributed by atoms with Crippen molar-refractivity contribution >= 4 is 29.0 Å². The Morgan fingerprint density at radius 3 is 2.67 bits per heavy atom. The summed E-state index contributed by atoms with van der Waals surface area (Å²) in [5, 5.41) is 3.34. The summed E-state index contributed by atoms with van der Waals surface area (Å²) in [5.41, 5.74) is 0.967. The van der Waals surface area contributed by atoms with E-state index in [4.69, 9.17) is 11.6 Å². The smallest absolute Gasteiger partial charge is 0.387 e. The summed E-state index contributed by atoms with van der Waals surface area (Å²) in [6.07, 6.45) is 2.89. The highest BCUT2D eigenvalue weighted by molar-refractivity contribution is 6.30. The third-order valence-corrected chi connectivity index (χ3v) is 4.82. The number of amides is 1. The van der Waals surface area contributed by atoms with Gasteiger partial charge in [0.05, 0.1) is 10.7 Å². The van der Waals surface area contributed by atoms with Gasteiger partial charge in [-0.15, -0.1) is 0 Å². The van der Waals surface area contributed by atoms with E-state index in [1.165, 1.54) is 6.07 Å². The SMILES string of the molecule is Cc1cccc(OC(F)F)c1NC(=O)C1CCN(c2ccc(Cl)cn2)CC1. The van der Waals surface area contributed by atoms with E-state index in [1.807, 2.05) is 6.07 Å². The van der Waals surface area contributed by atoms with Gasteiger partial charge in [-0.25, -0.2) is 4.98 Å². The Hall–Kier alpha value is -2.41. The fourth-order valence-electron chi connectivity index (χ4n) is 3.15. The minimum absolute atomic E-state index is 0.0267. The number of aryl methyl sites for hydroxylation is 1. The summed E-state index contributed by atoms with van der Waals surface area (Å²) in [7, 11) is 0. The number of nitrogens with zero attached hydrogens (tertiary/aromatic N) is 2. The van der Waals surface area contributed by atoms with Gasteiger partial charge in [0.25, 0.3) is 0 Å². The number of alkyl halides is 2. The van der Waals surface area contributed by atoms with Gasteiger partial charge in [0, 0.05) is 25.2 Å². The largest absolute Gasteiger partial charge is 0.433 e. The van der Waals surface area contributed by atoms with Crippen molar-refractivity contribution in [3.8, 4) is 5.75 Å². The number of hydrogen-bond acceptors (Lipinski definition) is 4. The van der Waals surface area contributed by atoms with Gasteiger partial charge in [-0.1, -0.05) is 23.7 Å². The lowest BCUT2D eigenvalue weighted by Gasteiger charge is -2.32. The number of ether oxygens (including phenoxy) is 1. The maximum atomic E-state index is 12.6. The lowest BCUT2D eigenvalue weighted by Crippen LogP contribution is -2.38. The number of para-hydroxylation sites is 1. The van der Waals surface area contributed by atoms with Crippen molar-refractivity contribution in [1.29, 1.82) is 0 Å². The molecule has 1 amide bonds. The van der Waals surface area contributed by atoms with Crippen LogP contribution in [0.4, 0.5) is 20.3 Å². The number of halogens is 3. The molecule has 1 fully saturated rings. The molecule has 1 N–H and O–H groups in total. The number of pyridine rings is 1. The summed E-state index contributed by atoms with van der Waals surface area (Å²) < 4.78 is 29.7. The molecule has 1 aliphatic heterocycles. The number of aromatic nitrogens is 1. The van der Waals surface area contributed by atoms with Crippen LogP contribution in [-0.2, 0) is 4.79 Å². The van der Waals surface area contributed by atoms with Crippen LogP contribution >= 0.6 is 11.6 Å². The zero-order chi connectivity index (χ0) is 19.4. The number of piperidine rings is 1. The van der Waals surface area contributed by atoms with E-state index >= 15 is 0 Å². The monoisotopic (exact) mass is 395 g/mol. The molecule has 1 saturated heterocycles. The molecule has 3 rings (SSSR count). The molecule has 0 atom stereocenters. The highest BCUT2D eigenvalue weighted by Crippen LogP contribution is 2.31. The maximum Gasteiger partial charge on any atom is 0.387 e. The van der Waals surface area contributed by atoms with E-state index in [0.29, 0.717) is 42.2 Å². The summed E-state index contributed by atoms with van der Waals surface area (Å²) >= 11 is 5.86. The molecule has 1 aromatic carbocycles. The first-order chi connectivity index (χ1) is 12.9. The predicted octanol–water partition coefficient (Wildman–Crippen LogP) is 4.50. The zero-order valence-electron chi connectivity index (χ0n) is 14.8. The Labute approximate surface area is 161 Å². The fourth-order valence-corrected chi connectivity index (χ4v) is 3.26. The van der Waals surface area contributed by atoms with E-state index < -0.39 is 6.61 Å². The van der Waals surface area contributed by atoms with Gasteiger partial charge in [-0.3, -0.25) is 4.79 Å². The van der Waals surface area contributed by atoms with E-state index in [2.05, 4.69) is 19.9 Å². The molecule has 0 radical (unpaired) electrons. The molecule has 2 aromatic rings. The number of benzene rings is 1. The molecule has 0 spiro atoms. The minimum atomic E-state index is -2.95. The summed E-state index contributed by atoms with van der Waals surface area (Å²) in [5.74, 6) is 0.408. The number of anilines is 2. The van der Waals surface area contributed by atoms with E-state index in [9.17, 15) is 13.6 Å². The molecule has 0 bridgehead atoms. The van der Waals surface area contributed by atoms with Gasteiger partial charge < -0.3 is 15.0 Å². The van der Waals surface area contributed by atoms with E-state index in [0.717, 1.165) is 5.82 Å². The van der Waals surface area contributed by atoms with Crippen molar-refractivity contribution in [2.24, 2.45) is 5.92 Å². The molecule has 0 saturated carbocycles. The topological polar surface area (TPSA) is 54.5 Å². The first-order valence-corrected chi connectivity index (χ1v) is 9.03. The Kier molecular flexibility index (Phi) is 6.11. The number of carbonyl (C=O) groups is 1. The van der Waals surface area contributed by atoms with Crippen LogP contribution in [0.5, 0.6) is 5.75 Å². The highest BCUT2D eigenvalue weighted by Gasteiger charge is 2.27. The molecule has 0 aliphatic carbocycles. The predicted molar refractivity (Wildman–Crippen MR) is 101 cm³/mol. The molecular formula is C19H20ClF2N3O2. The summed E-state index contributed by atoms with van der Waals surface area (Å²) in [6.45, 7) is 0.155. The van der Waals surface area contributed by atoms with Crippen LogP contribution in [0, 0.1) is 12.8 Å². The quantitative estimate of drug-likeness (QED) is 0.809. The van der Waals surface area contributed by atoms with Gasteiger partial charge in [0.1, 0.15) is 11.6 Å². The lowest BCUT2D eigenvalue weighted by atomic mass is 9.95. The third-order valence-electron chi connectivity index (χ3n) is 4.60. The first-order valence-electron chi connectivity index (χ1n) is 8.66. The Morgan fingerprint density at radius 1 is 1.30 bits per heavy atom. The number of rotatable bonds is 5. The molecular weight excluding hydrogens is 376 g/mol. The molecule has 1 aromatic heterocycles. The second kappa shape index (κ2) is 8.52. The van der Waals surface area contributed by atoms with Crippen molar-refractivity contribution in [3.63, 3.8) is 0 Å². The van der Waals surface area contributed by atoms with Crippen LogP contribution < -0.4 is 15.0 Å². The summed E-state index contributed by atoms with van der Waals surface area (Å²) in [4.78, 5) is 19.0. The Bertz CT molecular complexity index is 794. The van der Waals surface area contributed by atoms with Crippen LogP contribution in [0.2, 0.25) is 5.02 Å². The Balaban J connectivity index is 1.62. The Morgan fingerprint density at radius 2 is 2.04 bits per heavy atom.